The van der Waals surface area contributed by atoms with Gasteiger partial charge in [-0.05, 0) is 63.7 Å². The van der Waals surface area contributed by atoms with Crippen molar-refractivity contribution in [2.75, 3.05) is 27.2 Å². The van der Waals surface area contributed by atoms with Crippen LogP contribution in [-0.2, 0) is 29.3 Å². The van der Waals surface area contributed by atoms with Gasteiger partial charge in [-0.25, -0.2) is 4.21 Å². The van der Waals surface area contributed by atoms with Gasteiger partial charge in [-0.3, -0.25) is 0 Å². The molecule has 5 nitrogen and oxygen atoms in total. The Morgan fingerprint density at radius 2 is 1.86 bits per heavy atom. The van der Waals surface area contributed by atoms with Crippen LogP contribution in [0.3, 0.4) is 0 Å². The van der Waals surface area contributed by atoms with E-state index in [1.807, 2.05) is 12.1 Å². The third kappa shape index (κ3) is 5.76. The van der Waals surface area contributed by atoms with E-state index in [-0.39, 0.29) is 6.10 Å². The first kappa shape index (κ1) is 21.7. The molecule has 0 fully saturated rings. The smallest absolute Gasteiger partial charge is 0.186 e. The van der Waals surface area contributed by atoms with Crippen LogP contribution in [0.25, 0.3) is 10.9 Å². The Morgan fingerprint density at radius 1 is 1.14 bits per heavy atom. The van der Waals surface area contributed by atoms with Crippen molar-refractivity contribution in [2.45, 2.75) is 30.3 Å². The number of hydrogen-bond acceptors (Lipinski definition) is 3. The highest BCUT2D eigenvalue weighted by Gasteiger charge is 2.18. The van der Waals surface area contributed by atoms with Crippen LogP contribution in [0.5, 0.6) is 0 Å². The third-order valence-electron chi connectivity index (χ3n) is 5.16. The van der Waals surface area contributed by atoms with Gasteiger partial charge >= 0.3 is 0 Å². The molecule has 2 unspecified atom stereocenters. The molecule has 29 heavy (non-hydrogen) atoms. The largest absolute Gasteiger partial charge is 0.373 e. The van der Waals surface area contributed by atoms with Crippen molar-refractivity contribution in [3.8, 4) is 0 Å². The average Bonchev–Trinajstić information content (AvgIpc) is 3.04. The summed E-state index contributed by atoms with van der Waals surface area (Å²) in [5, 5.41) is 1.23. The molecule has 3 aromatic rings. The molecule has 1 N–H and O–H groups in total. The molecule has 2 aromatic carbocycles. The molecule has 156 valence electrons. The molecule has 6 heteroatoms. The Balaban J connectivity index is 1.76. The number of nitrogens with zero attached hydrogens (tertiary/aromatic N) is 2. The molecule has 0 aliphatic rings. The lowest BCUT2D eigenvalue weighted by Gasteiger charge is -2.19. The van der Waals surface area contributed by atoms with Crippen LogP contribution in [0.4, 0.5) is 0 Å². The number of hydrogen-bond donors (Lipinski definition) is 1. The summed E-state index contributed by atoms with van der Waals surface area (Å²) in [6.45, 7) is 1.72. The minimum absolute atomic E-state index is 0.00918. The van der Waals surface area contributed by atoms with Gasteiger partial charge in [-0.2, -0.15) is 0 Å². The van der Waals surface area contributed by atoms with Gasteiger partial charge in [0, 0.05) is 36.3 Å². The molecule has 0 aliphatic carbocycles. The van der Waals surface area contributed by atoms with E-state index in [0.29, 0.717) is 11.5 Å². The Bertz CT molecular complexity index is 950. The summed E-state index contributed by atoms with van der Waals surface area (Å²) >= 11 is -1.93. The number of aryl methyl sites for hydroxylation is 2. The number of fused-ring (bicyclic) bond motifs is 1. The summed E-state index contributed by atoms with van der Waals surface area (Å²) < 4.78 is 28.9. The molecule has 0 radical (unpaired) electrons. The van der Waals surface area contributed by atoms with Crippen LogP contribution in [-0.4, -0.2) is 45.5 Å². The summed E-state index contributed by atoms with van der Waals surface area (Å²) in [5.41, 5.74) is 3.57. The van der Waals surface area contributed by atoms with Gasteiger partial charge < -0.3 is 18.8 Å². The summed E-state index contributed by atoms with van der Waals surface area (Å²) in [6, 6.07) is 15.7. The highest BCUT2D eigenvalue weighted by molar-refractivity contribution is 7.79. The molecule has 0 aliphatic heterocycles. The van der Waals surface area contributed by atoms with E-state index in [0.717, 1.165) is 31.4 Å². The molecule has 0 saturated heterocycles. The van der Waals surface area contributed by atoms with Crippen molar-refractivity contribution >= 4 is 22.0 Å². The fourth-order valence-corrected chi connectivity index (χ4v) is 4.00. The maximum Gasteiger partial charge on any atom is 0.186 e. The Morgan fingerprint density at radius 3 is 2.55 bits per heavy atom. The molecule has 1 heterocycles. The van der Waals surface area contributed by atoms with Gasteiger partial charge in [0.05, 0.1) is 11.0 Å². The number of rotatable bonds is 10. The molecule has 0 spiro atoms. The molecule has 3 rings (SSSR count). The third-order valence-corrected chi connectivity index (χ3v) is 5.84. The van der Waals surface area contributed by atoms with Crippen LogP contribution in [0.2, 0.25) is 0 Å². The maximum atomic E-state index is 11.2. The van der Waals surface area contributed by atoms with E-state index in [1.54, 1.807) is 12.1 Å². The number of aromatic nitrogens is 1. The van der Waals surface area contributed by atoms with Gasteiger partial charge in [0.2, 0.25) is 0 Å². The second kappa shape index (κ2) is 10.2. The number of benzene rings is 2. The Hall–Kier alpha value is -1.99. The van der Waals surface area contributed by atoms with Crippen LogP contribution in [0.15, 0.2) is 59.6 Å². The minimum atomic E-state index is -1.93. The van der Waals surface area contributed by atoms with Crippen molar-refractivity contribution in [3.63, 3.8) is 0 Å². The SMILES string of the molecule is CN(C)CCCOC(CCc1ccc(S(=O)O)cc1)c1cn(C)c2ccccc12. The number of ether oxygens (including phenoxy) is 1. The van der Waals surface area contributed by atoms with E-state index < -0.39 is 11.1 Å². The summed E-state index contributed by atoms with van der Waals surface area (Å²) in [6.07, 6.45) is 4.89. The predicted octanol–water partition coefficient (Wildman–Crippen LogP) is 4.40. The first-order valence-electron chi connectivity index (χ1n) is 9.96. The Kier molecular flexibility index (Phi) is 7.61. The van der Waals surface area contributed by atoms with Crippen molar-refractivity contribution in [1.29, 1.82) is 0 Å². The minimum Gasteiger partial charge on any atom is -0.373 e. The molecule has 0 bridgehead atoms. The first-order valence-corrected chi connectivity index (χ1v) is 11.1. The maximum absolute atomic E-state index is 11.2. The quantitative estimate of drug-likeness (QED) is 0.395. The molecule has 2 atom stereocenters. The molecule has 1 aromatic heterocycles. The summed E-state index contributed by atoms with van der Waals surface area (Å²) in [4.78, 5) is 2.60. The number of para-hydroxylation sites is 1. The van der Waals surface area contributed by atoms with E-state index in [1.165, 1.54) is 16.5 Å². The second-order valence-corrected chi connectivity index (χ2v) is 8.63. The highest BCUT2D eigenvalue weighted by Crippen LogP contribution is 2.31. The van der Waals surface area contributed by atoms with Crippen LogP contribution < -0.4 is 0 Å². The monoisotopic (exact) mass is 414 g/mol. The second-order valence-electron chi connectivity index (χ2n) is 7.66. The lowest BCUT2D eigenvalue weighted by Crippen LogP contribution is -2.16. The van der Waals surface area contributed by atoms with E-state index in [2.05, 4.69) is 61.1 Å². The predicted molar refractivity (Wildman–Crippen MR) is 119 cm³/mol. The lowest BCUT2D eigenvalue weighted by molar-refractivity contribution is 0.0433. The molecular weight excluding hydrogens is 384 g/mol. The Labute approximate surface area is 175 Å². The molecular formula is C23H30N2O3S. The summed E-state index contributed by atoms with van der Waals surface area (Å²) in [7, 11) is 6.22. The van der Waals surface area contributed by atoms with E-state index in [4.69, 9.17) is 4.74 Å². The zero-order valence-electron chi connectivity index (χ0n) is 17.4. The van der Waals surface area contributed by atoms with Crippen molar-refractivity contribution in [3.05, 3.63) is 65.9 Å². The molecule has 0 saturated carbocycles. The van der Waals surface area contributed by atoms with Gasteiger partial charge in [0.15, 0.2) is 11.1 Å². The van der Waals surface area contributed by atoms with Crippen LogP contribution in [0, 0.1) is 0 Å². The van der Waals surface area contributed by atoms with Crippen molar-refractivity contribution in [2.24, 2.45) is 7.05 Å². The molecule has 0 amide bonds. The zero-order valence-corrected chi connectivity index (χ0v) is 18.2. The van der Waals surface area contributed by atoms with Gasteiger partial charge in [-0.1, -0.05) is 30.3 Å². The van der Waals surface area contributed by atoms with E-state index >= 15 is 0 Å². The van der Waals surface area contributed by atoms with Gasteiger partial charge in [-0.15, -0.1) is 0 Å². The standard InChI is InChI=1S/C23H30N2O3S/c1-24(2)15-6-16-28-23(14-11-18-9-12-19(13-10-18)29(26)27)21-17-25(3)22-8-5-4-7-20(21)22/h4-5,7-10,12-13,17,23H,6,11,14-16H2,1-3H3,(H,26,27). The van der Waals surface area contributed by atoms with Crippen LogP contribution >= 0.6 is 0 Å². The lowest BCUT2D eigenvalue weighted by atomic mass is 10.0. The fraction of sp³-hybridized carbons (Fsp3) is 0.391. The highest BCUT2D eigenvalue weighted by atomic mass is 32.2. The van der Waals surface area contributed by atoms with Crippen molar-refractivity contribution < 1.29 is 13.5 Å². The summed E-state index contributed by atoms with van der Waals surface area (Å²) in [5.74, 6) is 0. The van der Waals surface area contributed by atoms with Gasteiger partial charge in [0.25, 0.3) is 0 Å². The van der Waals surface area contributed by atoms with Crippen molar-refractivity contribution in [1.82, 2.24) is 9.47 Å². The zero-order chi connectivity index (χ0) is 20.8. The average molecular weight is 415 g/mol. The fourth-order valence-electron chi connectivity index (χ4n) is 3.63. The van der Waals surface area contributed by atoms with Crippen LogP contribution in [0.1, 0.15) is 30.1 Å². The topological polar surface area (TPSA) is 54.7 Å². The van der Waals surface area contributed by atoms with Gasteiger partial charge in [0.1, 0.15) is 0 Å². The first-order chi connectivity index (χ1) is 14.0. The normalized spacial score (nSPS) is 13.8. The van der Waals surface area contributed by atoms with E-state index in [9.17, 15) is 8.76 Å².